The molecule has 0 bridgehead atoms. The molecule has 7 rings (SSSR count). The van der Waals surface area contributed by atoms with Crippen molar-refractivity contribution in [2.45, 2.75) is 0 Å². The molecule has 4 aromatic carbocycles. The van der Waals surface area contributed by atoms with Crippen molar-refractivity contribution in [2.75, 3.05) is 0 Å². The first-order chi connectivity index (χ1) is 23.6. The number of hydrogen-bond donors (Lipinski definition) is 0. The SMILES string of the molecule is [C-]#[N+]c1cc(-c2cccc(-c3cc(-c4cccc(-c5ccnc(C#N)c5)c4)cc(-c4cccc(-c5ccnc(C#N)c5)c4)c3)c2)ccn1. The van der Waals surface area contributed by atoms with Crippen LogP contribution in [0.2, 0.25) is 0 Å². The molecule has 0 radical (unpaired) electrons. The van der Waals surface area contributed by atoms with E-state index in [2.05, 4.69) is 86.5 Å². The summed E-state index contributed by atoms with van der Waals surface area (Å²) in [6, 6.07) is 46.9. The highest BCUT2D eigenvalue weighted by molar-refractivity contribution is 5.85. The minimum Gasteiger partial charge on any atom is -0.361 e. The zero-order valence-electron chi connectivity index (χ0n) is 25.5. The zero-order valence-corrected chi connectivity index (χ0v) is 25.5. The molecule has 0 unspecified atom stereocenters. The van der Waals surface area contributed by atoms with Crippen LogP contribution in [0.5, 0.6) is 0 Å². The first-order valence-corrected chi connectivity index (χ1v) is 15.1. The predicted octanol–water partition coefficient (Wildman–Crippen LogP) is 10.2. The first-order valence-electron chi connectivity index (χ1n) is 15.1. The molecule has 48 heavy (non-hydrogen) atoms. The molecule has 0 atom stereocenters. The second-order valence-electron chi connectivity index (χ2n) is 11.1. The van der Waals surface area contributed by atoms with E-state index in [1.165, 1.54) is 0 Å². The van der Waals surface area contributed by atoms with Gasteiger partial charge in [-0.05, 0) is 140 Å². The van der Waals surface area contributed by atoms with E-state index >= 15 is 0 Å². The van der Waals surface area contributed by atoms with E-state index in [0.717, 1.165) is 66.8 Å². The number of aromatic nitrogens is 3. The summed E-state index contributed by atoms with van der Waals surface area (Å²) >= 11 is 0. The number of nitrogens with zero attached hydrogens (tertiary/aromatic N) is 6. The van der Waals surface area contributed by atoms with E-state index in [9.17, 15) is 10.5 Å². The summed E-state index contributed by atoms with van der Waals surface area (Å²) < 4.78 is 0. The lowest BCUT2D eigenvalue weighted by Gasteiger charge is -2.14. The summed E-state index contributed by atoms with van der Waals surface area (Å²) in [4.78, 5) is 15.9. The average molecular weight is 613 g/mol. The second kappa shape index (κ2) is 13.0. The maximum Gasteiger partial charge on any atom is 0.270 e. The molecule has 0 N–H and O–H groups in total. The van der Waals surface area contributed by atoms with Gasteiger partial charge in [0, 0.05) is 12.4 Å². The van der Waals surface area contributed by atoms with Crippen LogP contribution in [0.4, 0.5) is 5.82 Å². The topological polar surface area (TPSA) is 90.6 Å². The Bertz CT molecular complexity index is 2170. The van der Waals surface area contributed by atoms with Crippen LogP contribution in [0, 0.1) is 29.2 Å². The molecular weight excluding hydrogens is 589 g/mol. The van der Waals surface area contributed by atoms with Gasteiger partial charge in [-0.2, -0.15) is 10.5 Å². The van der Waals surface area contributed by atoms with E-state index in [0.29, 0.717) is 17.2 Å². The summed E-state index contributed by atoms with van der Waals surface area (Å²) in [5.74, 6) is 0.356. The minimum absolute atomic E-state index is 0.356. The second-order valence-corrected chi connectivity index (χ2v) is 11.1. The molecule has 3 heterocycles. The van der Waals surface area contributed by atoms with Crippen molar-refractivity contribution >= 4 is 5.82 Å². The number of benzene rings is 4. The van der Waals surface area contributed by atoms with Gasteiger partial charge < -0.3 is 4.85 Å². The Morgan fingerprint density at radius 3 is 1.08 bits per heavy atom. The van der Waals surface area contributed by atoms with Gasteiger partial charge in [0.2, 0.25) is 0 Å². The summed E-state index contributed by atoms with van der Waals surface area (Å²) in [6.45, 7) is 7.40. The first kappa shape index (κ1) is 29.5. The van der Waals surface area contributed by atoms with Crippen LogP contribution >= 0.6 is 0 Å². The molecule has 0 aliphatic rings. The van der Waals surface area contributed by atoms with Gasteiger partial charge in [0.05, 0.1) is 0 Å². The van der Waals surface area contributed by atoms with Crippen LogP contribution in [-0.2, 0) is 0 Å². The van der Waals surface area contributed by atoms with Crippen molar-refractivity contribution in [3.63, 3.8) is 0 Å². The van der Waals surface area contributed by atoms with Crippen molar-refractivity contribution in [3.05, 3.63) is 169 Å². The lowest BCUT2D eigenvalue weighted by Crippen LogP contribution is -1.89. The molecule has 222 valence electrons. The number of nitriles is 2. The Hall–Kier alpha value is -7.20. The van der Waals surface area contributed by atoms with Gasteiger partial charge in [0.1, 0.15) is 29.7 Å². The van der Waals surface area contributed by atoms with Gasteiger partial charge in [-0.15, -0.1) is 4.98 Å². The number of pyridine rings is 3. The predicted molar refractivity (Wildman–Crippen MR) is 188 cm³/mol. The zero-order chi connectivity index (χ0) is 32.9. The summed E-state index contributed by atoms with van der Waals surface area (Å²) in [5, 5.41) is 18.8. The summed E-state index contributed by atoms with van der Waals surface area (Å²) in [5.41, 5.74) is 12.7. The van der Waals surface area contributed by atoms with Gasteiger partial charge in [-0.3, -0.25) is 0 Å². The molecule has 6 heteroatoms. The van der Waals surface area contributed by atoms with Gasteiger partial charge in [-0.1, -0.05) is 61.2 Å². The largest absolute Gasteiger partial charge is 0.361 e. The third-order valence-corrected chi connectivity index (χ3v) is 8.13. The molecule has 0 fully saturated rings. The van der Waals surface area contributed by atoms with Gasteiger partial charge in [0.25, 0.3) is 5.82 Å². The molecule has 0 saturated carbocycles. The quantitative estimate of drug-likeness (QED) is 0.174. The normalized spacial score (nSPS) is 10.4. The van der Waals surface area contributed by atoms with E-state index in [-0.39, 0.29) is 0 Å². The van der Waals surface area contributed by atoms with E-state index < -0.39 is 0 Å². The third-order valence-electron chi connectivity index (χ3n) is 8.13. The van der Waals surface area contributed by atoms with Crippen molar-refractivity contribution in [2.24, 2.45) is 0 Å². The van der Waals surface area contributed by atoms with E-state index in [1.807, 2.05) is 54.6 Å². The maximum absolute atomic E-state index is 9.41. The van der Waals surface area contributed by atoms with Crippen LogP contribution in [0.1, 0.15) is 11.4 Å². The lowest BCUT2D eigenvalue weighted by atomic mass is 9.90. The Morgan fingerprint density at radius 2 is 0.708 bits per heavy atom. The molecule has 3 aromatic heterocycles. The van der Waals surface area contributed by atoms with E-state index in [4.69, 9.17) is 6.57 Å². The third kappa shape index (κ3) is 6.17. The van der Waals surface area contributed by atoms with Crippen molar-refractivity contribution in [1.82, 2.24) is 15.0 Å². The Labute approximate surface area is 278 Å². The van der Waals surface area contributed by atoms with Gasteiger partial charge in [-0.25, -0.2) is 9.97 Å². The molecule has 6 nitrogen and oxygen atoms in total. The summed E-state index contributed by atoms with van der Waals surface area (Å²) in [7, 11) is 0. The maximum atomic E-state index is 9.41. The molecule has 0 aliphatic carbocycles. The molecule has 0 aliphatic heterocycles. The van der Waals surface area contributed by atoms with Crippen molar-refractivity contribution < 1.29 is 0 Å². The van der Waals surface area contributed by atoms with Crippen LogP contribution in [0.3, 0.4) is 0 Å². The Kier molecular flexibility index (Phi) is 8.01. The Balaban J connectivity index is 1.38. The number of rotatable bonds is 6. The molecule has 0 spiro atoms. The fourth-order valence-electron chi connectivity index (χ4n) is 5.76. The van der Waals surface area contributed by atoms with Crippen LogP contribution < -0.4 is 0 Å². The Morgan fingerprint density at radius 1 is 0.396 bits per heavy atom. The van der Waals surface area contributed by atoms with Crippen molar-refractivity contribution in [3.8, 4) is 78.9 Å². The molecular formula is C42H24N6. The lowest BCUT2D eigenvalue weighted by molar-refractivity contribution is 1.26. The summed E-state index contributed by atoms with van der Waals surface area (Å²) in [6.07, 6.45) is 4.98. The smallest absolute Gasteiger partial charge is 0.270 e. The number of hydrogen-bond acceptors (Lipinski definition) is 5. The van der Waals surface area contributed by atoms with E-state index in [1.54, 1.807) is 36.8 Å². The van der Waals surface area contributed by atoms with Crippen LogP contribution in [0.25, 0.3) is 71.6 Å². The minimum atomic E-state index is 0.356. The highest BCUT2D eigenvalue weighted by Gasteiger charge is 2.12. The van der Waals surface area contributed by atoms with Gasteiger partial charge in [0.15, 0.2) is 0 Å². The van der Waals surface area contributed by atoms with Crippen LogP contribution in [0.15, 0.2) is 146 Å². The molecule has 0 amide bonds. The van der Waals surface area contributed by atoms with Crippen molar-refractivity contribution in [1.29, 1.82) is 10.5 Å². The molecule has 0 saturated heterocycles. The monoisotopic (exact) mass is 612 g/mol. The van der Waals surface area contributed by atoms with Crippen LogP contribution in [-0.4, -0.2) is 15.0 Å². The highest BCUT2D eigenvalue weighted by Crippen LogP contribution is 2.37. The fraction of sp³-hybridized carbons (Fsp3) is 0. The molecule has 7 aromatic rings. The standard InChI is InChI=1S/C42H24N6/c1-45-42-25-36(13-16-48-42)30-7-4-10-33(19-30)39-21-37(31-8-2-5-28(17-31)34-11-14-46-40(23-34)26-43)20-38(22-39)32-9-3-6-29(18-32)35-12-15-47-41(24-35)27-44/h2-25H. The highest BCUT2D eigenvalue weighted by atomic mass is 14.8. The van der Waals surface area contributed by atoms with Gasteiger partial charge >= 0.3 is 0 Å². The average Bonchev–Trinajstić information content (AvgIpc) is 3.18. The fourth-order valence-corrected chi connectivity index (χ4v) is 5.76.